The normalized spacial score (nSPS) is 14.7. The summed E-state index contributed by atoms with van der Waals surface area (Å²) in [6, 6.07) is 13.8. The monoisotopic (exact) mass is 270 g/mol. The molecule has 0 aromatic heterocycles. The van der Waals surface area contributed by atoms with Crippen LogP contribution in [0.25, 0.3) is 0 Å². The molecule has 2 aromatic rings. The van der Waals surface area contributed by atoms with Crippen LogP contribution in [-0.2, 0) is 17.8 Å². The fourth-order valence-electron chi connectivity index (χ4n) is 2.53. The first-order valence-corrected chi connectivity index (χ1v) is 6.79. The maximum atomic E-state index is 10.5. The van der Waals surface area contributed by atoms with Crippen LogP contribution >= 0.6 is 0 Å². The van der Waals surface area contributed by atoms with E-state index in [0.29, 0.717) is 6.61 Å². The fourth-order valence-corrected chi connectivity index (χ4v) is 2.53. The number of methoxy groups -OCH3 is 1. The van der Waals surface area contributed by atoms with Crippen molar-refractivity contribution >= 4 is 0 Å². The molecule has 1 unspecified atom stereocenters. The summed E-state index contributed by atoms with van der Waals surface area (Å²) >= 11 is 0. The molecule has 1 aliphatic heterocycles. The van der Waals surface area contributed by atoms with Gasteiger partial charge < -0.3 is 14.6 Å². The Bertz CT molecular complexity index is 590. The van der Waals surface area contributed by atoms with Gasteiger partial charge in [-0.15, -0.1) is 0 Å². The van der Waals surface area contributed by atoms with Crippen molar-refractivity contribution in [3.8, 4) is 5.75 Å². The van der Waals surface area contributed by atoms with Crippen LogP contribution in [0.15, 0.2) is 42.5 Å². The molecule has 0 fully saturated rings. The molecule has 1 N–H and O–H groups in total. The molecule has 0 aliphatic carbocycles. The van der Waals surface area contributed by atoms with E-state index < -0.39 is 6.10 Å². The predicted molar refractivity (Wildman–Crippen MR) is 76.9 cm³/mol. The van der Waals surface area contributed by atoms with E-state index in [0.717, 1.165) is 35.5 Å². The Kier molecular flexibility index (Phi) is 3.72. The van der Waals surface area contributed by atoms with Crippen LogP contribution in [0.4, 0.5) is 0 Å². The Morgan fingerprint density at radius 1 is 1.15 bits per heavy atom. The average Bonchev–Trinajstić information content (AvgIpc) is 2.95. The largest absolute Gasteiger partial charge is 0.493 e. The third-order valence-corrected chi connectivity index (χ3v) is 3.64. The number of hydrogen-bond acceptors (Lipinski definition) is 3. The number of rotatable bonds is 4. The Morgan fingerprint density at radius 3 is 2.65 bits per heavy atom. The molecule has 3 heteroatoms. The highest BCUT2D eigenvalue weighted by molar-refractivity contribution is 5.42. The van der Waals surface area contributed by atoms with Gasteiger partial charge in [-0.2, -0.15) is 0 Å². The lowest BCUT2D eigenvalue weighted by Crippen LogP contribution is -2.00. The second kappa shape index (κ2) is 5.65. The van der Waals surface area contributed by atoms with Gasteiger partial charge in [-0.25, -0.2) is 0 Å². The standard InChI is InChI=1S/C17H18O3/c1-19-11-12-2-4-13(5-3-12)17(18)15-6-7-16-14(10-15)8-9-20-16/h2-7,10,17-18H,8-9,11H2,1H3. The second-order valence-corrected chi connectivity index (χ2v) is 5.04. The molecule has 0 spiro atoms. The van der Waals surface area contributed by atoms with Gasteiger partial charge >= 0.3 is 0 Å². The number of hydrogen-bond donors (Lipinski definition) is 1. The van der Waals surface area contributed by atoms with Crippen LogP contribution in [0.1, 0.15) is 28.4 Å². The Balaban J connectivity index is 1.82. The molecule has 2 aromatic carbocycles. The van der Waals surface area contributed by atoms with Gasteiger partial charge in [0.15, 0.2) is 0 Å². The summed E-state index contributed by atoms with van der Waals surface area (Å²) in [6.07, 6.45) is 0.320. The molecule has 20 heavy (non-hydrogen) atoms. The lowest BCUT2D eigenvalue weighted by Gasteiger charge is -2.13. The molecule has 1 atom stereocenters. The number of aliphatic hydroxyl groups excluding tert-OH is 1. The number of aliphatic hydroxyl groups is 1. The maximum Gasteiger partial charge on any atom is 0.122 e. The molecule has 104 valence electrons. The maximum absolute atomic E-state index is 10.5. The van der Waals surface area contributed by atoms with Gasteiger partial charge in [0.2, 0.25) is 0 Å². The predicted octanol–water partition coefficient (Wildman–Crippen LogP) is 2.85. The van der Waals surface area contributed by atoms with E-state index in [1.807, 2.05) is 42.5 Å². The van der Waals surface area contributed by atoms with E-state index >= 15 is 0 Å². The number of ether oxygens (including phenoxy) is 2. The molecule has 3 rings (SSSR count). The van der Waals surface area contributed by atoms with Crippen LogP contribution in [-0.4, -0.2) is 18.8 Å². The van der Waals surface area contributed by atoms with Gasteiger partial charge in [0.25, 0.3) is 0 Å². The van der Waals surface area contributed by atoms with Crippen LogP contribution in [0.2, 0.25) is 0 Å². The van der Waals surface area contributed by atoms with Crippen LogP contribution in [0, 0.1) is 0 Å². The highest BCUT2D eigenvalue weighted by atomic mass is 16.5. The summed E-state index contributed by atoms with van der Waals surface area (Å²) in [5.74, 6) is 0.941. The van der Waals surface area contributed by atoms with Crippen molar-refractivity contribution in [2.45, 2.75) is 19.1 Å². The van der Waals surface area contributed by atoms with Gasteiger partial charge in [0.05, 0.1) is 13.2 Å². The lowest BCUT2D eigenvalue weighted by molar-refractivity contribution is 0.184. The van der Waals surface area contributed by atoms with E-state index in [-0.39, 0.29) is 0 Å². The van der Waals surface area contributed by atoms with E-state index in [1.165, 1.54) is 5.56 Å². The first-order chi connectivity index (χ1) is 9.78. The summed E-state index contributed by atoms with van der Waals surface area (Å²) < 4.78 is 10.6. The zero-order valence-electron chi connectivity index (χ0n) is 11.5. The molecule has 0 amide bonds. The summed E-state index contributed by atoms with van der Waals surface area (Å²) in [5, 5.41) is 10.5. The first kappa shape index (κ1) is 13.2. The minimum absolute atomic E-state index is 0.590. The van der Waals surface area contributed by atoms with Crippen LogP contribution in [0.3, 0.4) is 0 Å². The lowest BCUT2D eigenvalue weighted by atomic mass is 9.98. The zero-order valence-corrected chi connectivity index (χ0v) is 11.5. The Morgan fingerprint density at radius 2 is 1.90 bits per heavy atom. The SMILES string of the molecule is COCc1ccc(C(O)c2ccc3c(c2)CCO3)cc1. The molecular weight excluding hydrogens is 252 g/mol. The van der Waals surface area contributed by atoms with Gasteiger partial charge in [0, 0.05) is 13.5 Å². The highest BCUT2D eigenvalue weighted by Crippen LogP contribution is 2.30. The van der Waals surface area contributed by atoms with Gasteiger partial charge in [0.1, 0.15) is 11.9 Å². The van der Waals surface area contributed by atoms with Crippen LogP contribution in [0.5, 0.6) is 5.75 Å². The molecule has 0 saturated carbocycles. The second-order valence-electron chi connectivity index (χ2n) is 5.04. The zero-order chi connectivity index (χ0) is 13.9. The fraction of sp³-hybridized carbons (Fsp3) is 0.294. The average molecular weight is 270 g/mol. The third-order valence-electron chi connectivity index (χ3n) is 3.64. The minimum Gasteiger partial charge on any atom is -0.493 e. The van der Waals surface area contributed by atoms with E-state index in [2.05, 4.69) is 0 Å². The molecule has 0 radical (unpaired) electrons. The third kappa shape index (κ3) is 2.55. The van der Waals surface area contributed by atoms with Crippen molar-refractivity contribution in [1.29, 1.82) is 0 Å². The summed E-state index contributed by atoms with van der Waals surface area (Å²) in [5.41, 5.74) is 4.08. The molecular formula is C17H18O3. The molecule has 3 nitrogen and oxygen atoms in total. The number of benzene rings is 2. The highest BCUT2D eigenvalue weighted by Gasteiger charge is 2.16. The van der Waals surface area contributed by atoms with E-state index in [1.54, 1.807) is 7.11 Å². The van der Waals surface area contributed by atoms with Crippen LogP contribution < -0.4 is 4.74 Å². The van der Waals surface area contributed by atoms with Crippen molar-refractivity contribution in [3.63, 3.8) is 0 Å². The summed E-state index contributed by atoms with van der Waals surface area (Å²) in [7, 11) is 1.68. The van der Waals surface area contributed by atoms with E-state index in [4.69, 9.17) is 9.47 Å². The first-order valence-electron chi connectivity index (χ1n) is 6.79. The molecule has 1 heterocycles. The molecule has 1 aliphatic rings. The van der Waals surface area contributed by atoms with E-state index in [9.17, 15) is 5.11 Å². The topological polar surface area (TPSA) is 38.7 Å². The Hall–Kier alpha value is -1.84. The Labute approximate surface area is 118 Å². The quantitative estimate of drug-likeness (QED) is 0.928. The minimum atomic E-state index is -0.600. The number of fused-ring (bicyclic) bond motifs is 1. The van der Waals surface area contributed by atoms with Crippen molar-refractivity contribution < 1.29 is 14.6 Å². The van der Waals surface area contributed by atoms with Gasteiger partial charge in [-0.05, 0) is 34.4 Å². The summed E-state index contributed by atoms with van der Waals surface area (Å²) in [4.78, 5) is 0. The summed E-state index contributed by atoms with van der Waals surface area (Å²) in [6.45, 7) is 1.33. The molecule has 0 saturated heterocycles. The molecule has 0 bridgehead atoms. The van der Waals surface area contributed by atoms with Crippen molar-refractivity contribution in [2.75, 3.05) is 13.7 Å². The van der Waals surface area contributed by atoms with Crippen molar-refractivity contribution in [2.24, 2.45) is 0 Å². The van der Waals surface area contributed by atoms with Crippen molar-refractivity contribution in [3.05, 3.63) is 64.7 Å². The smallest absolute Gasteiger partial charge is 0.122 e. The van der Waals surface area contributed by atoms with Gasteiger partial charge in [-0.3, -0.25) is 0 Å². The van der Waals surface area contributed by atoms with Crippen molar-refractivity contribution in [1.82, 2.24) is 0 Å². The van der Waals surface area contributed by atoms with Gasteiger partial charge in [-0.1, -0.05) is 30.3 Å².